The number of hydrogen-bond donors (Lipinski definition) is 1. The summed E-state index contributed by atoms with van der Waals surface area (Å²) in [4.78, 5) is 11.8. The van der Waals surface area contributed by atoms with Crippen LogP contribution in [0.15, 0.2) is 55.1 Å². The van der Waals surface area contributed by atoms with Crippen molar-refractivity contribution in [3.05, 3.63) is 72.3 Å². The minimum absolute atomic E-state index is 0.173. The van der Waals surface area contributed by atoms with Gasteiger partial charge >= 0.3 is 0 Å². The molecule has 0 bridgehead atoms. The molecule has 0 spiro atoms. The largest absolute Gasteiger partial charge is 0.483 e. The van der Waals surface area contributed by atoms with Crippen LogP contribution in [0.3, 0.4) is 0 Å². The molecule has 2 aromatic rings. The molecule has 22 heavy (non-hydrogen) atoms. The van der Waals surface area contributed by atoms with Crippen molar-refractivity contribution in [2.24, 2.45) is 0 Å². The van der Waals surface area contributed by atoms with Crippen molar-refractivity contribution < 1.29 is 18.3 Å². The maximum atomic E-state index is 13.1. The van der Waals surface area contributed by atoms with E-state index in [1.807, 2.05) is 12.1 Å². The van der Waals surface area contributed by atoms with Gasteiger partial charge in [0.15, 0.2) is 18.2 Å². The molecule has 0 fully saturated rings. The van der Waals surface area contributed by atoms with Gasteiger partial charge in [-0.3, -0.25) is 4.79 Å². The van der Waals surface area contributed by atoms with Gasteiger partial charge in [0.1, 0.15) is 5.75 Å². The first-order chi connectivity index (χ1) is 10.6. The minimum atomic E-state index is -1.02. The second-order valence-corrected chi connectivity index (χ2v) is 4.57. The zero-order valence-electron chi connectivity index (χ0n) is 11.8. The van der Waals surface area contributed by atoms with Gasteiger partial charge in [-0.2, -0.15) is 0 Å². The third-order valence-electron chi connectivity index (χ3n) is 2.90. The predicted molar refractivity (Wildman–Crippen MR) is 80.8 cm³/mol. The summed E-state index contributed by atoms with van der Waals surface area (Å²) in [6.45, 7) is 3.43. The number of carbonyl (C=O) groups excluding carboxylic acids is 1. The molecule has 0 aromatic heterocycles. The van der Waals surface area contributed by atoms with Gasteiger partial charge in [0.2, 0.25) is 0 Å². The molecule has 2 aromatic carbocycles. The van der Waals surface area contributed by atoms with Gasteiger partial charge in [0.05, 0.1) is 0 Å². The van der Waals surface area contributed by atoms with Gasteiger partial charge in [-0.05, 0) is 30.2 Å². The zero-order chi connectivity index (χ0) is 15.9. The standard InChI is InChI=1S/C17H15F2NO2/c1-2-5-12-6-3-4-7-16(12)22-11-17(21)20-13-8-9-14(18)15(19)10-13/h2-4,6-10H,1,5,11H2,(H,20,21). The van der Waals surface area contributed by atoms with Crippen LogP contribution in [0.2, 0.25) is 0 Å². The molecule has 114 valence electrons. The minimum Gasteiger partial charge on any atom is -0.483 e. The highest BCUT2D eigenvalue weighted by Gasteiger charge is 2.08. The molecule has 0 aliphatic rings. The quantitative estimate of drug-likeness (QED) is 0.826. The number of carbonyl (C=O) groups is 1. The van der Waals surface area contributed by atoms with Crippen molar-refractivity contribution in [3.8, 4) is 5.75 Å². The monoisotopic (exact) mass is 303 g/mol. The summed E-state index contributed by atoms with van der Waals surface area (Å²) in [5.41, 5.74) is 1.09. The van der Waals surface area contributed by atoms with E-state index >= 15 is 0 Å². The highest BCUT2D eigenvalue weighted by molar-refractivity contribution is 5.91. The molecule has 0 atom stereocenters. The average Bonchev–Trinajstić information content (AvgIpc) is 2.50. The van der Waals surface area contributed by atoms with Crippen LogP contribution in [0.4, 0.5) is 14.5 Å². The number of rotatable bonds is 6. The van der Waals surface area contributed by atoms with Gasteiger partial charge in [-0.25, -0.2) is 8.78 Å². The molecule has 1 amide bonds. The van der Waals surface area contributed by atoms with E-state index in [4.69, 9.17) is 4.74 Å². The number of ether oxygens (including phenoxy) is 1. The molecule has 5 heteroatoms. The third kappa shape index (κ3) is 4.15. The van der Waals surface area contributed by atoms with E-state index in [-0.39, 0.29) is 12.3 Å². The van der Waals surface area contributed by atoms with Crippen LogP contribution in [0.5, 0.6) is 5.75 Å². The van der Waals surface area contributed by atoms with Gasteiger partial charge in [0.25, 0.3) is 5.91 Å². The Bertz CT molecular complexity index is 686. The number of hydrogen-bond acceptors (Lipinski definition) is 2. The normalized spacial score (nSPS) is 10.1. The fourth-order valence-electron chi connectivity index (χ4n) is 1.88. The van der Waals surface area contributed by atoms with E-state index < -0.39 is 17.5 Å². The number of nitrogens with one attached hydrogen (secondary N) is 1. The second-order valence-electron chi connectivity index (χ2n) is 4.57. The number of anilines is 1. The Balaban J connectivity index is 1.95. The lowest BCUT2D eigenvalue weighted by Gasteiger charge is -2.10. The summed E-state index contributed by atoms with van der Waals surface area (Å²) in [6.07, 6.45) is 2.37. The fraction of sp³-hybridized carbons (Fsp3) is 0.118. The van der Waals surface area contributed by atoms with Crippen molar-refractivity contribution in [2.75, 3.05) is 11.9 Å². The molecule has 3 nitrogen and oxygen atoms in total. The van der Waals surface area contributed by atoms with E-state index in [0.717, 1.165) is 17.7 Å². The lowest BCUT2D eigenvalue weighted by molar-refractivity contribution is -0.118. The number of allylic oxidation sites excluding steroid dienone is 1. The van der Waals surface area contributed by atoms with Crippen LogP contribution in [0.25, 0.3) is 0 Å². The highest BCUT2D eigenvalue weighted by atomic mass is 19.2. The van der Waals surface area contributed by atoms with Crippen molar-refractivity contribution in [2.45, 2.75) is 6.42 Å². The Kier molecular flexibility index (Phi) is 5.25. The molecule has 2 rings (SSSR count). The maximum absolute atomic E-state index is 13.1. The molecule has 0 saturated heterocycles. The summed E-state index contributed by atoms with van der Waals surface area (Å²) >= 11 is 0. The number of para-hydroxylation sites is 1. The van der Waals surface area contributed by atoms with Gasteiger partial charge in [-0.15, -0.1) is 6.58 Å². The first-order valence-corrected chi connectivity index (χ1v) is 6.66. The molecule has 0 aliphatic carbocycles. The molecular formula is C17H15F2NO2. The SMILES string of the molecule is C=CCc1ccccc1OCC(=O)Nc1ccc(F)c(F)c1. The summed E-state index contributed by atoms with van der Waals surface area (Å²) in [6, 6.07) is 10.4. The second kappa shape index (κ2) is 7.36. The molecule has 0 saturated carbocycles. The summed E-state index contributed by atoms with van der Waals surface area (Å²) < 4.78 is 31.3. The maximum Gasteiger partial charge on any atom is 0.262 e. The van der Waals surface area contributed by atoms with E-state index in [1.54, 1.807) is 18.2 Å². The van der Waals surface area contributed by atoms with Crippen LogP contribution in [-0.4, -0.2) is 12.5 Å². The van der Waals surface area contributed by atoms with Crippen molar-refractivity contribution >= 4 is 11.6 Å². The molecular weight excluding hydrogens is 288 g/mol. The van der Waals surface area contributed by atoms with E-state index in [0.29, 0.717) is 12.2 Å². The Morgan fingerprint density at radius 3 is 2.68 bits per heavy atom. The number of halogens is 2. The molecule has 0 aliphatic heterocycles. The summed E-state index contributed by atoms with van der Waals surface area (Å²) in [5.74, 6) is -1.86. The molecule has 1 N–H and O–H groups in total. The topological polar surface area (TPSA) is 38.3 Å². The summed E-state index contributed by atoms with van der Waals surface area (Å²) in [5, 5.41) is 2.44. The predicted octanol–water partition coefficient (Wildman–Crippen LogP) is 3.71. The zero-order valence-corrected chi connectivity index (χ0v) is 11.8. The number of benzene rings is 2. The Hall–Kier alpha value is -2.69. The van der Waals surface area contributed by atoms with Crippen LogP contribution < -0.4 is 10.1 Å². The lowest BCUT2D eigenvalue weighted by Crippen LogP contribution is -2.20. The molecule has 0 heterocycles. The van der Waals surface area contributed by atoms with Crippen LogP contribution >= 0.6 is 0 Å². The molecule has 0 unspecified atom stereocenters. The van der Waals surface area contributed by atoms with Crippen molar-refractivity contribution in [1.29, 1.82) is 0 Å². The molecule has 0 radical (unpaired) electrons. The van der Waals surface area contributed by atoms with Crippen LogP contribution in [0.1, 0.15) is 5.56 Å². The highest BCUT2D eigenvalue weighted by Crippen LogP contribution is 2.19. The van der Waals surface area contributed by atoms with Gasteiger partial charge < -0.3 is 10.1 Å². The van der Waals surface area contributed by atoms with E-state index in [2.05, 4.69) is 11.9 Å². The first-order valence-electron chi connectivity index (χ1n) is 6.66. The Labute approximate surface area is 127 Å². The fourth-order valence-corrected chi connectivity index (χ4v) is 1.88. The van der Waals surface area contributed by atoms with E-state index in [9.17, 15) is 13.6 Å². The van der Waals surface area contributed by atoms with E-state index in [1.165, 1.54) is 6.07 Å². The third-order valence-corrected chi connectivity index (χ3v) is 2.90. The summed E-state index contributed by atoms with van der Waals surface area (Å²) in [7, 11) is 0. The van der Waals surface area contributed by atoms with Crippen molar-refractivity contribution in [3.63, 3.8) is 0 Å². The van der Waals surface area contributed by atoms with Crippen molar-refractivity contribution in [1.82, 2.24) is 0 Å². The average molecular weight is 303 g/mol. The smallest absolute Gasteiger partial charge is 0.262 e. The number of amides is 1. The van der Waals surface area contributed by atoms with Crippen LogP contribution in [0, 0.1) is 11.6 Å². The van der Waals surface area contributed by atoms with Gasteiger partial charge in [-0.1, -0.05) is 24.3 Å². The first kappa shape index (κ1) is 15.7. The van der Waals surface area contributed by atoms with Gasteiger partial charge in [0, 0.05) is 11.8 Å². The Morgan fingerprint density at radius 1 is 1.18 bits per heavy atom. The Morgan fingerprint density at radius 2 is 1.95 bits per heavy atom. The lowest BCUT2D eigenvalue weighted by atomic mass is 10.1. The van der Waals surface area contributed by atoms with Crippen LogP contribution in [-0.2, 0) is 11.2 Å².